The van der Waals surface area contributed by atoms with Gasteiger partial charge in [-0.1, -0.05) is 30.3 Å². The molecule has 4 heteroatoms. The number of methoxy groups -OCH3 is 1. The fourth-order valence-corrected chi connectivity index (χ4v) is 1.82. The second kappa shape index (κ2) is 5.61. The van der Waals surface area contributed by atoms with E-state index >= 15 is 0 Å². The van der Waals surface area contributed by atoms with Gasteiger partial charge in [-0.05, 0) is 0 Å². The van der Waals surface area contributed by atoms with Gasteiger partial charge in [-0.25, -0.2) is 4.98 Å². The predicted molar refractivity (Wildman–Crippen MR) is 67.5 cm³/mol. The van der Waals surface area contributed by atoms with Crippen LogP contribution in [0.4, 0.5) is 0 Å². The summed E-state index contributed by atoms with van der Waals surface area (Å²) in [4.78, 5) is 4.37. The molecule has 1 unspecified atom stereocenters. The third-order valence-corrected chi connectivity index (χ3v) is 2.56. The minimum Gasteiger partial charge on any atom is -0.383 e. The van der Waals surface area contributed by atoms with Crippen molar-refractivity contribution >= 4 is 0 Å². The summed E-state index contributed by atoms with van der Waals surface area (Å²) in [5.41, 5.74) is 7.05. The first-order chi connectivity index (χ1) is 8.31. The summed E-state index contributed by atoms with van der Waals surface area (Å²) in [5.74, 6) is 0.942. The van der Waals surface area contributed by atoms with Crippen molar-refractivity contribution in [3.05, 3.63) is 42.7 Å². The molecule has 0 aliphatic heterocycles. The van der Waals surface area contributed by atoms with Crippen molar-refractivity contribution in [1.82, 2.24) is 9.55 Å². The second-order valence-electron chi connectivity index (χ2n) is 3.98. The molecule has 90 valence electrons. The fraction of sp³-hybridized carbons (Fsp3) is 0.308. The first kappa shape index (κ1) is 11.8. The molecule has 0 aliphatic rings. The molecule has 1 aromatic heterocycles. The van der Waals surface area contributed by atoms with Gasteiger partial charge in [-0.2, -0.15) is 0 Å². The molecule has 1 heterocycles. The molecule has 2 N–H and O–H groups in total. The number of nitrogens with two attached hydrogens (primary N) is 1. The Kier molecular flexibility index (Phi) is 3.90. The number of rotatable bonds is 5. The summed E-state index contributed by atoms with van der Waals surface area (Å²) in [6.45, 7) is 1.25. The molecule has 4 nitrogen and oxygen atoms in total. The molecule has 17 heavy (non-hydrogen) atoms. The van der Waals surface area contributed by atoms with Gasteiger partial charge in [0.1, 0.15) is 5.82 Å². The van der Waals surface area contributed by atoms with E-state index in [0.29, 0.717) is 13.2 Å². The molecule has 0 spiro atoms. The van der Waals surface area contributed by atoms with Crippen molar-refractivity contribution in [1.29, 1.82) is 0 Å². The summed E-state index contributed by atoms with van der Waals surface area (Å²) >= 11 is 0. The van der Waals surface area contributed by atoms with Gasteiger partial charge in [0.05, 0.1) is 6.61 Å². The van der Waals surface area contributed by atoms with Gasteiger partial charge in [-0.15, -0.1) is 0 Å². The summed E-state index contributed by atoms with van der Waals surface area (Å²) in [5, 5.41) is 0. The van der Waals surface area contributed by atoms with Crippen LogP contribution in [-0.4, -0.2) is 29.3 Å². The second-order valence-corrected chi connectivity index (χ2v) is 3.98. The molecule has 0 aliphatic carbocycles. The van der Waals surface area contributed by atoms with Crippen LogP contribution in [0.1, 0.15) is 0 Å². The number of hydrogen-bond acceptors (Lipinski definition) is 3. The molecule has 0 saturated heterocycles. The van der Waals surface area contributed by atoms with Crippen LogP contribution < -0.4 is 5.73 Å². The lowest BCUT2D eigenvalue weighted by atomic mass is 10.2. The Morgan fingerprint density at radius 2 is 2.12 bits per heavy atom. The van der Waals surface area contributed by atoms with Crippen LogP contribution in [0.5, 0.6) is 0 Å². The number of imidazole rings is 1. The molecule has 1 aromatic carbocycles. The quantitative estimate of drug-likeness (QED) is 0.849. The Labute approximate surface area is 101 Å². The highest BCUT2D eigenvalue weighted by Gasteiger charge is 2.08. The number of nitrogens with zero attached hydrogens (tertiary/aromatic N) is 2. The van der Waals surface area contributed by atoms with E-state index in [1.807, 2.05) is 36.5 Å². The Bertz CT molecular complexity index is 453. The molecular weight excluding hydrogens is 214 g/mol. The number of aromatic nitrogens is 2. The third-order valence-electron chi connectivity index (χ3n) is 2.56. The lowest BCUT2D eigenvalue weighted by molar-refractivity contribution is 0.174. The van der Waals surface area contributed by atoms with Gasteiger partial charge in [0, 0.05) is 37.7 Å². The molecule has 2 aromatic rings. The molecule has 2 rings (SSSR count). The summed E-state index contributed by atoms with van der Waals surface area (Å²) < 4.78 is 7.09. The van der Waals surface area contributed by atoms with Gasteiger partial charge < -0.3 is 15.0 Å². The summed E-state index contributed by atoms with van der Waals surface area (Å²) in [6, 6.07) is 10.1. The van der Waals surface area contributed by atoms with Gasteiger partial charge in [0.25, 0.3) is 0 Å². The minimum atomic E-state index is -0.0170. The molecule has 0 fully saturated rings. The van der Waals surface area contributed by atoms with E-state index in [1.54, 1.807) is 13.3 Å². The van der Waals surface area contributed by atoms with Crippen LogP contribution in [0.2, 0.25) is 0 Å². The molecule has 1 atom stereocenters. The van der Waals surface area contributed by atoms with Crippen molar-refractivity contribution in [2.24, 2.45) is 5.73 Å². The number of hydrogen-bond donors (Lipinski definition) is 1. The molecule has 0 amide bonds. The Morgan fingerprint density at radius 1 is 1.35 bits per heavy atom. The first-order valence-electron chi connectivity index (χ1n) is 5.62. The van der Waals surface area contributed by atoms with Gasteiger partial charge in [0.15, 0.2) is 0 Å². The van der Waals surface area contributed by atoms with Gasteiger partial charge in [-0.3, -0.25) is 0 Å². The lowest BCUT2D eigenvalue weighted by Gasteiger charge is -2.13. The monoisotopic (exact) mass is 231 g/mol. The highest BCUT2D eigenvalue weighted by atomic mass is 16.5. The van der Waals surface area contributed by atoms with E-state index in [1.165, 1.54) is 0 Å². The van der Waals surface area contributed by atoms with Crippen LogP contribution in [0, 0.1) is 0 Å². The maximum Gasteiger partial charge on any atom is 0.139 e. The van der Waals surface area contributed by atoms with Crippen LogP contribution in [0.3, 0.4) is 0 Å². The Balaban J connectivity index is 2.18. The van der Waals surface area contributed by atoms with E-state index in [9.17, 15) is 0 Å². The topological polar surface area (TPSA) is 53.1 Å². The molecular formula is C13H17N3O. The zero-order chi connectivity index (χ0) is 12.1. The Hall–Kier alpha value is -1.65. The highest BCUT2D eigenvalue weighted by molar-refractivity contribution is 5.55. The largest absolute Gasteiger partial charge is 0.383 e. The van der Waals surface area contributed by atoms with E-state index < -0.39 is 0 Å². The van der Waals surface area contributed by atoms with E-state index in [-0.39, 0.29) is 6.04 Å². The molecule has 0 radical (unpaired) electrons. The maximum atomic E-state index is 5.95. The number of ether oxygens (including phenoxy) is 1. The average molecular weight is 231 g/mol. The number of benzene rings is 1. The smallest absolute Gasteiger partial charge is 0.139 e. The van der Waals surface area contributed by atoms with Gasteiger partial charge >= 0.3 is 0 Å². The average Bonchev–Trinajstić information content (AvgIpc) is 2.78. The van der Waals surface area contributed by atoms with Crippen molar-refractivity contribution in [3.8, 4) is 11.4 Å². The van der Waals surface area contributed by atoms with Crippen LogP contribution in [-0.2, 0) is 11.3 Å². The molecule has 0 saturated carbocycles. The predicted octanol–water partition coefficient (Wildman–Crippen LogP) is 1.52. The zero-order valence-electron chi connectivity index (χ0n) is 9.91. The molecule has 0 bridgehead atoms. The lowest BCUT2D eigenvalue weighted by Crippen LogP contribution is -2.30. The standard InChI is InChI=1S/C13H17N3O/c1-17-10-12(14)9-16-8-7-15-13(16)11-5-3-2-4-6-11/h2-8,12H,9-10,14H2,1H3. The SMILES string of the molecule is COCC(N)Cn1ccnc1-c1ccccc1. The maximum absolute atomic E-state index is 5.95. The van der Waals surface area contributed by atoms with Crippen LogP contribution in [0.15, 0.2) is 42.7 Å². The Morgan fingerprint density at radius 3 is 2.82 bits per heavy atom. The normalized spacial score (nSPS) is 12.6. The van der Waals surface area contributed by atoms with Crippen LogP contribution in [0.25, 0.3) is 11.4 Å². The highest BCUT2D eigenvalue weighted by Crippen LogP contribution is 2.16. The van der Waals surface area contributed by atoms with Gasteiger partial charge in [0.2, 0.25) is 0 Å². The van der Waals surface area contributed by atoms with Crippen molar-refractivity contribution < 1.29 is 4.74 Å². The first-order valence-corrected chi connectivity index (χ1v) is 5.62. The summed E-state index contributed by atoms with van der Waals surface area (Å²) in [6.07, 6.45) is 3.74. The fourth-order valence-electron chi connectivity index (χ4n) is 1.82. The third kappa shape index (κ3) is 2.93. The van der Waals surface area contributed by atoms with Crippen molar-refractivity contribution in [3.63, 3.8) is 0 Å². The van der Waals surface area contributed by atoms with E-state index in [4.69, 9.17) is 10.5 Å². The van der Waals surface area contributed by atoms with Crippen molar-refractivity contribution in [2.45, 2.75) is 12.6 Å². The van der Waals surface area contributed by atoms with E-state index in [0.717, 1.165) is 11.4 Å². The summed E-state index contributed by atoms with van der Waals surface area (Å²) in [7, 11) is 1.66. The minimum absolute atomic E-state index is 0.0170. The van der Waals surface area contributed by atoms with Crippen LogP contribution >= 0.6 is 0 Å². The zero-order valence-corrected chi connectivity index (χ0v) is 9.91. The van der Waals surface area contributed by atoms with E-state index in [2.05, 4.69) is 9.55 Å². The van der Waals surface area contributed by atoms with Crippen molar-refractivity contribution in [2.75, 3.05) is 13.7 Å².